The SMILES string of the molecule is CCS(=O)(=O)CC(Cl)CCl. The summed E-state index contributed by atoms with van der Waals surface area (Å²) >= 11 is 10.8. The van der Waals surface area contributed by atoms with E-state index in [1.165, 1.54) is 0 Å². The lowest BCUT2D eigenvalue weighted by Crippen LogP contribution is -2.18. The van der Waals surface area contributed by atoms with Crippen molar-refractivity contribution in [1.29, 1.82) is 0 Å². The highest BCUT2D eigenvalue weighted by Crippen LogP contribution is 2.03. The van der Waals surface area contributed by atoms with E-state index < -0.39 is 15.2 Å². The van der Waals surface area contributed by atoms with E-state index in [0.29, 0.717) is 0 Å². The van der Waals surface area contributed by atoms with Gasteiger partial charge in [0.05, 0.1) is 11.1 Å². The Kier molecular flexibility index (Phi) is 4.65. The van der Waals surface area contributed by atoms with Crippen molar-refractivity contribution in [2.75, 3.05) is 17.4 Å². The Bertz CT molecular complexity index is 176. The maximum Gasteiger partial charge on any atom is 0.151 e. The average Bonchev–Trinajstić information content (AvgIpc) is 1.87. The fourth-order valence-electron chi connectivity index (χ4n) is 0.438. The van der Waals surface area contributed by atoms with Gasteiger partial charge in [-0.1, -0.05) is 6.92 Å². The van der Waals surface area contributed by atoms with Gasteiger partial charge in [-0.3, -0.25) is 0 Å². The number of rotatable bonds is 4. The van der Waals surface area contributed by atoms with Gasteiger partial charge < -0.3 is 0 Å². The van der Waals surface area contributed by atoms with Gasteiger partial charge in [0.2, 0.25) is 0 Å². The van der Waals surface area contributed by atoms with Crippen molar-refractivity contribution in [2.24, 2.45) is 0 Å². The van der Waals surface area contributed by atoms with E-state index in [9.17, 15) is 8.42 Å². The Morgan fingerprint density at radius 3 is 2.30 bits per heavy atom. The predicted molar refractivity (Wildman–Crippen MR) is 44.7 cm³/mol. The minimum atomic E-state index is -2.95. The van der Waals surface area contributed by atoms with Crippen molar-refractivity contribution < 1.29 is 8.42 Å². The van der Waals surface area contributed by atoms with Gasteiger partial charge in [0.25, 0.3) is 0 Å². The normalized spacial score (nSPS) is 15.1. The number of sulfone groups is 1. The molecule has 0 aliphatic carbocycles. The largest absolute Gasteiger partial charge is 0.229 e. The van der Waals surface area contributed by atoms with Gasteiger partial charge >= 0.3 is 0 Å². The number of halogens is 2. The molecule has 0 bridgehead atoms. The smallest absolute Gasteiger partial charge is 0.151 e. The third kappa shape index (κ3) is 4.36. The third-order valence-corrected chi connectivity index (χ3v) is 3.85. The van der Waals surface area contributed by atoms with Gasteiger partial charge in [0.1, 0.15) is 0 Å². The number of alkyl halides is 2. The van der Waals surface area contributed by atoms with E-state index >= 15 is 0 Å². The number of hydrogen-bond donors (Lipinski definition) is 0. The highest BCUT2D eigenvalue weighted by molar-refractivity contribution is 7.91. The van der Waals surface area contributed by atoms with Crippen molar-refractivity contribution in [1.82, 2.24) is 0 Å². The van der Waals surface area contributed by atoms with Gasteiger partial charge in [0.15, 0.2) is 9.84 Å². The molecule has 0 aliphatic rings. The molecular weight excluding hydrogens is 195 g/mol. The molecule has 0 aromatic carbocycles. The monoisotopic (exact) mass is 204 g/mol. The summed E-state index contributed by atoms with van der Waals surface area (Å²) in [6.45, 7) is 1.59. The van der Waals surface area contributed by atoms with Crippen LogP contribution in [-0.2, 0) is 9.84 Å². The molecule has 0 N–H and O–H groups in total. The molecule has 0 saturated heterocycles. The minimum Gasteiger partial charge on any atom is -0.229 e. The lowest BCUT2D eigenvalue weighted by Gasteiger charge is -2.03. The molecule has 0 saturated carbocycles. The molecule has 10 heavy (non-hydrogen) atoms. The van der Waals surface area contributed by atoms with Crippen LogP contribution >= 0.6 is 23.2 Å². The van der Waals surface area contributed by atoms with Gasteiger partial charge in [-0.2, -0.15) is 0 Å². The molecule has 0 spiro atoms. The average molecular weight is 205 g/mol. The second-order valence-electron chi connectivity index (χ2n) is 1.95. The highest BCUT2D eigenvalue weighted by atomic mass is 35.5. The zero-order valence-electron chi connectivity index (χ0n) is 5.68. The van der Waals surface area contributed by atoms with E-state index in [-0.39, 0.29) is 17.4 Å². The molecule has 0 amide bonds. The van der Waals surface area contributed by atoms with Crippen molar-refractivity contribution in [3.8, 4) is 0 Å². The second kappa shape index (κ2) is 4.42. The van der Waals surface area contributed by atoms with Crippen molar-refractivity contribution >= 4 is 33.0 Å². The van der Waals surface area contributed by atoms with Crippen LogP contribution in [0.5, 0.6) is 0 Å². The van der Waals surface area contributed by atoms with Crippen LogP contribution in [0.4, 0.5) is 0 Å². The fraction of sp³-hybridized carbons (Fsp3) is 1.00. The van der Waals surface area contributed by atoms with Crippen molar-refractivity contribution in [3.63, 3.8) is 0 Å². The van der Waals surface area contributed by atoms with Crippen LogP contribution in [0.1, 0.15) is 6.92 Å². The summed E-state index contributed by atoms with van der Waals surface area (Å²) in [5, 5.41) is -0.452. The standard InChI is InChI=1S/C5H10Cl2O2S/c1-2-10(8,9)4-5(7)3-6/h5H,2-4H2,1H3. The van der Waals surface area contributed by atoms with Crippen LogP contribution in [0.25, 0.3) is 0 Å². The topological polar surface area (TPSA) is 34.1 Å². The van der Waals surface area contributed by atoms with Crippen molar-refractivity contribution in [3.05, 3.63) is 0 Å². The zero-order chi connectivity index (χ0) is 8.20. The summed E-state index contributed by atoms with van der Waals surface area (Å²) < 4.78 is 21.7. The highest BCUT2D eigenvalue weighted by Gasteiger charge is 2.13. The molecular formula is C5H10Cl2O2S. The summed E-state index contributed by atoms with van der Waals surface area (Å²) in [6.07, 6.45) is 0. The molecule has 0 aliphatic heterocycles. The second-order valence-corrected chi connectivity index (χ2v) is 5.27. The Hall–Kier alpha value is 0.530. The molecule has 0 fully saturated rings. The van der Waals surface area contributed by atoms with Crippen LogP contribution in [0.2, 0.25) is 0 Å². The lowest BCUT2D eigenvalue weighted by atomic mass is 10.6. The Labute approximate surface area is 71.4 Å². The summed E-state index contributed by atoms with van der Waals surface area (Å²) in [5.41, 5.74) is 0. The molecule has 62 valence electrons. The minimum absolute atomic E-state index is 0.0193. The third-order valence-electron chi connectivity index (χ3n) is 1.04. The van der Waals surface area contributed by atoms with E-state index in [0.717, 1.165) is 0 Å². The number of hydrogen-bond acceptors (Lipinski definition) is 2. The first kappa shape index (κ1) is 10.5. The first-order chi connectivity index (χ1) is 4.52. The summed E-state index contributed by atoms with van der Waals surface area (Å²) in [4.78, 5) is 0. The summed E-state index contributed by atoms with van der Waals surface area (Å²) in [7, 11) is -2.95. The van der Waals surface area contributed by atoms with Crippen molar-refractivity contribution in [2.45, 2.75) is 12.3 Å². The Morgan fingerprint density at radius 1 is 1.50 bits per heavy atom. The van der Waals surface area contributed by atoms with E-state index in [1.54, 1.807) is 6.92 Å². The molecule has 5 heteroatoms. The molecule has 2 nitrogen and oxygen atoms in total. The summed E-state index contributed by atoms with van der Waals surface area (Å²) in [6, 6.07) is 0. The van der Waals surface area contributed by atoms with Crippen LogP contribution < -0.4 is 0 Å². The quantitative estimate of drug-likeness (QED) is 0.647. The lowest BCUT2D eigenvalue weighted by molar-refractivity contribution is 0.596. The maximum atomic E-state index is 10.8. The van der Waals surface area contributed by atoms with Crippen LogP contribution in [-0.4, -0.2) is 31.2 Å². The van der Waals surface area contributed by atoms with E-state index in [4.69, 9.17) is 23.2 Å². The van der Waals surface area contributed by atoms with Gasteiger partial charge in [-0.05, 0) is 0 Å². The zero-order valence-corrected chi connectivity index (χ0v) is 8.01. The predicted octanol–water partition coefficient (Wildman–Crippen LogP) is 1.27. The molecule has 0 heterocycles. The fourth-order valence-corrected chi connectivity index (χ4v) is 2.16. The van der Waals surface area contributed by atoms with Gasteiger partial charge in [0, 0.05) is 11.6 Å². The summed E-state index contributed by atoms with van der Waals surface area (Å²) in [5.74, 6) is 0.294. The Morgan fingerprint density at radius 2 is 2.00 bits per heavy atom. The van der Waals surface area contributed by atoms with Crippen LogP contribution in [0.3, 0.4) is 0 Å². The molecule has 0 aromatic rings. The molecule has 1 atom stereocenters. The maximum absolute atomic E-state index is 10.8. The van der Waals surface area contributed by atoms with Gasteiger partial charge in [-0.25, -0.2) is 8.42 Å². The van der Waals surface area contributed by atoms with Gasteiger partial charge in [-0.15, -0.1) is 23.2 Å². The molecule has 0 rings (SSSR count). The first-order valence-electron chi connectivity index (χ1n) is 2.92. The Balaban J connectivity index is 3.90. The molecule has 1 unspecified atom stereocenters. The molecule has 0 aromatic heterocycles. The van der Waals surface area contributed by atoms with Crippen LogP contribution in [0.15, 0.2) is 0 Å². The van der Waals surface area contributed by atoms with Crippen LogP contribution in [0, 0.1) is 0 Å². The molecule has 0 radical (unpaired) electrons. The first-order valence-corrected chi connectivity index (χ1v) is 5.71. The van der Waals surface area contributed by atoms with E-state index in [1.807, 2.05) is 0 Å². The van der Waals surface area contributed by atoms with E-state index in [2.05, 4.69) is 0 Å².